The minimum Gasteiger partial charge on any atom is -0.478 e. The zero-order valence-corrected chi connectivity index (χ0v) is 18.5. The first-order chi connectivity index (χ1) is 13.7. The molecule has 0 unspecified atom stereocenters. The highest BCUT2D eigenvalue weighted by molar-refractivity contribution is 7.13. The third kappa shape index (κ3) is 4.60. The minimum absolute atomic E-state index is 0.111. The molecular weight excluding hydrogens is 384 g/mol. The van der Waals surface area contributed by atoms with Crippen LogP contribution >= 0.6 is 11.3 Å². The number of aromatic carboxylic acids is 1. The zero-order valence-electron chi connectivity index (χ0n) is 17.7. The Bertz CT molecular complexity index is 994. The molecule has 0 saturated carbocycles. The molecule has 3 aromatic rings. The van der Waals surface area contributed by atoms with Crippen molar-refractivity contribution < 1.29 is 14.6 Å². The Morgan fingerprint density at radius 2 is 1.93 bits per heavy atom. The van der Waals surface area contributed by atoms with Crippen LogP contribution in [0.1, 0.15) is 48.8 Å². The second-order valence-electron chi connectivity index (χ2n) is 8.20. The van der Waals surface area contributed by atoms with Gasteiger partial charge in [-0.05, 0) is 30.4 Å². The Kier molecular flexibility index (Phi) is 6.24. The van der Waals surface area contributed by atoms with Gasteiger partial charge in [-0.15, -0.1) is 11.3 Å². The van der Waals surface area contributed by atoms with Crippen molar-refractivity contribution in [2.45, 2.75) is 46.1 Å². The second-order valence-corrected chi connectivity index (χ2v) is 9.06. The lowest BCUT2D eigenvalue weighted by molar-refractivity contribution is 0.0696. The summed E-state index contributed by atoms with van der Waals surface area (Å²) in [6, 6.07) is 10.2. The number of rotatable bonds is 7. The number of nitrogens with zero attached hydrogens (tertiary/aromatic N) is 2. The summed E-state index contributed by atoms with van der Waals surface area (Å²) in [6.07, 6.45) is 0.809. The van der Waals surface area contributed by atoms with Gasteiger partial charge in [-0.1, -0.05) is 45.0 Å². The molecule has 0 spiro atoms. The van der Waals surface area contributed by atoms with Crippen molar-refractivity contribution in [1.82, 2.24) is 9.55 Å². The van der Waals surface area contributed by atoms with E-state index in [2.05, 4.69) is 45.0 Å². The monoisotopic (exact) mass is 412 g/mol. The first kappa shape index (κ1) is 21.3. The van der Waals surface area contributed by atoms with Crippen molar-refractivity contribution in [3.8, 4) is 22.0 Å². The fraction of sp³-hybridized carbons (Fsp3) is 0.391. The molecule has 6 heteroatoms. The third-order valence-corrected chi connectivity index (χ3v) is 5.98. The normalized spacial score (nSPS) is 11.8. The van der Waals surface area contributed by atoms with Crippen molar-refractivity contribution in [2.24, 2.45) is 0 Å². The van der Waals surface area contributed by atoms with E-state index in [1.807, 2.05) is 16.9 Å². The molecule has 0 aliphatic heterocycles. The summed E-state index contributed by atoms with van der Waals surface area (Å²) in [5.41, 5.74) is 5.17. The van der Waals surface area contributed by atoms with Gasteiger partial charge in [-0.3, -0.25) is 0 Å². The molecule has 0 atom stereocenters. The van der Waals surface area contributed by atoms with Crippen molar-refractivity contribution in [3.05, 3.63) is 52.5 Å². The number of hydrogen-bond acceptors (Lipinski definition) is 4. The molecule has 0 saturated heterocycles. The van der Waals surface area contributed by atoms with Gasteiger partial charge in [0.05, 0.1) is 17.0 Å². The molecule has 29 heavy (non-hydrogen) atoms. The summed E-state index contributed by atoms with van der Waals surface area (Å²) in [7, 11) is 1.67. The summed E-state index contributed by atoms with van der Waals surface area (Å²) in [4.78, 5) is 16.5. The average Bonchev–Trinajstić information content (AvgIpc) is 3.27. The molecule has 1 aromatic carbocycles. The van der Waals surface area contributed by atoms with Gasteiger partial charge in [0.1, 0.15) is 5.01 Å². The van der Waals surface area contributed by atoms with Gasteiger partial charge in [0, 0.05) is 36.9 Å². The van der Waals surface area contributed by atoms with E-state index in [0.717, 1.165) is 34.1 Å². The van der Waals surface area contributed by atoms with Gasteiger partial charge in [-0.25, -0.2) is 9.78 Å². The van der Waals surface area contributed by atoms with Gasteiger partial charge < -0.3 is 14.4 Å². The molecule has 0 aliphatic carbocycles. The molecule has 154 valence electrons. The van der Waals surface area contributed by atoms with Gasteiger partial charge >= 0.3 is 5.97 Å². The predicted molar refractivity (Wildman–Crippen MR) is 118 cm³/mol. The standard InChI is InChI=1S/C23H28N2O3S/c1-15-18(22(26)27)13-20(25(15)11-6-12-28-5)19-14-29-21(24-19)16-7-9-17(10-8-16)23(2,3)4/h7-10,13-14H,6,11-12H2,1-5H3,(H,26,27). The van der Waals surface area contributed by atoms with E-state index < -0.39 is 5.97 Å². The predicted octanol–water partition coefficient (Wildman–Crippen LogP) is 5.62. The lowest BCUT2D eigenvalue weighted by Gasteiger charge is -2.18. The van der Waals surface area contributed by atoms with Crippen molar-refractivity contribution in [1.29, 1.82) is 0 Å². The highest BCUT2D eigenvalue weighted by Crippen LogP contribution is 2.33. The number of aromatic nitrogens is 2. The van der Waals surface area contributed by atoms with Crippen LogP contribution in [0.5, 0.6) is 0 Å². The zero-order chi connectivity index (χ0) is 21.2. The topological polar surface area (TPSA) is 64.4 Å². The maximum Gasteiger partial charge on any atom is 0.337 e. The largest absolute Gasteiger partial charge is 0.478 e. The maximum absolute atomic E-state index is 11.6. The van der Waals surface area contributed by atoms with Crippen LogP contribution in [0.2, 0.25) is 0 Å². The molecule has 2 heterocycles. The maximum atomic E-state index is 11.6. The highest BCUT2D eigenvalue weighted by atomic mass is 32.1. The molecule has 0 aliphatic rings. The van der Waals surface area contributed by atoms with Crippen LogP contribution in [-0.4, -0.2) is 34.3 Å². The van der Waals surface area contributed by atoms with Crippen molar-refractivity contribution in [2.75, 3.05) is 13.7 Å². The molecular formula is C23H28N2O3S. The molecule has 2 aromatic heterocycles. The first-order valence-electron chi connectivity index (χ1n) is 9.71. The highest BCUT2D eigenvalue weighted by Gasteiger charge is 2.20. The van der Waals surface area contributed by atoms with Gasteiger partial charge in [-0.2, -0.15) is 0 Å². The number of benzene rings is 1. The summed E-state index contributed by atoms with van der Waals surface area (Å²) in [6.45, 7) is 9.76. The summed E-state index contributed by atoms with van der Waals surface area (Å²) < 4.78 is 7.19. The van der Waals surface area contributed by atoms with Crippen LogP contribution in [0.25, 0.3) is 22.0 Å². The summed E-state index contributed by atoms with van der Waals surface area (Å²) >= 11 is 1.57. The van der Waals surface area contributed by atoms with Crippen LogP contribution in [0.4, 0.5) is 0 Å². The lowest BCUT2D eigenvalue weighted by Crippen LogP contribution is -2.10. The Labute approximate surface area is 176 Å². The van der Waals surface area contributed by atoms with Crippen LogP contribution < -0.4 is 0 Å². The van der Waals surface area contributed by atoms with Crippen LogP contribution in [0.15, 0.2) is 35.7 Å². The number of hydrogen-bond donors (Lipinski definition) is 1. The fourth-order valence-electron chi connectivity index (χ4n) is 3.37. The van der Waals surface area contributed by atoms with E-state index in [4.69, 9.17) is 9.72 Å². The Hall–Kier alpha value is -2.44. The van der Waals surface area contributed by atoms with E-state index in [-0.39, 0.29) is 5.41 Å². The van der Waals surface area contributed by atoms with E-state index >= 15 is 0 Å². The summed E-state index contributed by atoms with van der Waals surface area (Å²) in [5, 5.41) is 12.5. The fourth-order valence-corrected chi connectivity index (χ4v) is 4.19. The molecule has 0 fully saturated rings. The number of carbonyl (C=O) groups is 1. The molecule has 0 amide bonds. The number of ether oxygens (including phenoxy) is 1. The van der Waals surface area contributed by atoms with Crippen molar-refractivity contribution >= 4 is 17.3 Å². The smallest absolute Gasteiger partial charge is 0.337 e. The Balaban J connectivity index is 1.95. The van der Waals surface area contributed by atoms with Crippen molar-refractivity contribution in [3.63, 3.8) is 0 Å². The van der Waals surface area contributed by atoms with Gasteiger partial charge in [0.25, 0.3) is 0 Å². The molecule has 1 N–H and O–H groups in total. The molecule has 0 bridgehead atoms. The van der Waals surface area contributed by atoms with Crippen LogP contribution in [-0.2, 0) is 16.7 Å². The molecule has 5 nitrogen and oxygen atoms in total. The number of carboxylic acid groups (broad SMARTS) is 1. The van der Waals surface area contributed by atoms with E-state index in [1.165, 1.54) is 5.56 Å². The number of carboxylic acids is 1. The van der Waals surface area contributed by atoms with Crippen LogP contribution in [0.3, 0.4) is 0 Å². The van der Waals surface area contributed by atoms with E-state index in [9.17, 15) is 9.90 Å². The van der Waals surface area contributed by atoms with E-state index in [1.54, 1.807) is 24.5 Å². The number of methoxy groups -OCH3 is 1. The van der Waals surface area contributed by atoms with Crippen LogP contribution in [0, 0.1) is 6.92 Å². The van der Waals surface area contributed by atoms with E-state index in [0.29, 0.717) is 18.7 Å². The quantitative estimate of drug-likeness (QED) is 0.512. The first-order valence-corrected chi connectivity index (χ1v) is 10.6. The molecule has 3 rings (SSSR count). The third-order valence-electron chi connectivity index (χ3n) is 5.09. The Morgan fingerprint density at radius 3 is 2.52 bits per heavy atom. The average molecular weight is 413 g/mol. The number of thiazole rings is 1. The minimum atomic E-state index is -0.914. The lowest BCUT2D eigenvalue weighted by atomic mass is 9.87. The van der Waals surface area contributed by atoms with Gasteiger partial charge in [0.2, 0.25) is 0 Å². The molecule has 0 radical (unpaired) electrons. The SMILES string of the molecule is COCCCn1c(-c2csc(-c3ccc(C(C)(C)C)cc3)n2)cc(C(=O)O)c1C. The Morgan fingerprint density at radius 1 is 1.24 bits per heavy atom. The second kappa shape index (κ2) is 8.51. The van der Waals surface area contributed by atoms with Gasteiger partial charge in [0.15, 0.2) is 0 Å². The summed E-state index contributed by atoms with van der Waals surface area (Å²) in [5.74, 6) is -0.914.